The van der Waals surface area contributed by atoms with Crippen LogP contribution in [0.4, 0.5) is 0 Å². The van der Waals surface area contributed by atoms with E-state index in [9.17, 15) is 0 Å². The van der Waals surface area contributed by atoms with Gasteiger partial charge in [0.05, 0.1) is 0 Å². The van der Waals surface area contributed by atoms with E-state index in [2.05, 4.69) is 30.4 Å². The Morgan fingerprint density at radius 2 is 1.94 bits per heavy atom. The quantitative estimate of drug-likeness (QED) is 0.884. The van der Waals surface area contributed by atoms with E-state index in [0.29, 0.717) is 0 Å². The first-order chi connectivity index (χ1) is 8.75. The zero-order valence-electron chi connectivity index (χ0n) is 11.3. The van der Waals surface area contributed by atoms with Crippen LogP contribution >= 0.6 is 0 Å². The second kappa shape index (κ2) is 5.02. The van der Waals surface area contributed by atoms with Crippen molar-refractivity contribution >= 4 is 0 Å². The average Bonchev–Trinajstić information content (AvgIpc) is 2.85. The molecule has 0 atom stereocenters. The fourth-order valence-electron chi connectivity index (χ4n) is 3.05. The van der Waals surface area contributed by atoms with Crippen molar-refractivity contribution in [2.24, 2.45) is 0 Å². The van der Waals surface area contributed by atoms with E-state index in [0.717, 1.165) is 32.6 Å². The lowest BCUT2D eigenvalue weighted by Gasteiger charge is -2.34. The van der Waals surface area contributed by atoms with E-state index in [1.54, 1.807) is 11.1 Å². The average molecular weight is 245 g/mol. The van der Waals surface area contributed by atoms with Gasteiger partial charge in [0, 0.05) is 25.3 Å². The molecule has 1 aromatic rings. The van der Waals surface area contributed by atoms with Gasteiger partial charge in [-0.3, -0.25) is 0 Å². The highest BCUT2D eigenvalue weighted by Gasteiger charge is 2.26. The molecule has 0 radical (unpaired) electrons. The molecule has 1 aliphatic carbocycles. The van der Waals surface area contributed by atoms with Crippen LogP contribution in [0.25, 0.3) is 0 Å². The summed E-state index contributed by atoms with van der Waals surface area (Å²) in [4.78, 5) is 0. The summed E-state index contributed by atoms with van der Waals surface area (Å²) in [5, 5.41) is 3.73. The third-order valence-electron chi connectivity index (χ3n) is 4.48. The Kier molecular flexibility index (Phi) is 3.40. The van der Waals surface area contributed by atoms with Crippen molar-refractivity contribution in [1.29, 1.82) is 0 Å². The maximum Gasteiger partial charge on any atom is 0.0483 e. The molecule has 1 saturated heterocycles. The summed E-state index contributed by atoms with van der Waals surface area (Å²) < 4.78 is 5.44. The fourth-order valence-corrected chi connectivity index (χ4v) is 3.05. The Hall–Kier alpha value is -0.860. The van der Waals surface area contributed by atoms with Gasteiger partial charge < -0.3 is 10.1 Å². The Bertz CT molecular complexity index is 421. The minimum absolute atomic E-state index is 0.261. The smallest absolute Gasteiger partial charge is 0.0483 e. The van der Waals surface area contributed by atoms with Gasteiger partial charge in [-0.05, 0) is 55.7 Å². The van der Waals surface area contributed by atoms with Crippen LogP contribution in [0.5, 0.6) is 0 Å². The van der Waals surface area contributed by atoms with Gasteiger partial charge >= 0.3 is 0 Å². The molecule has 0 amide bonds. The number of rotatable bonds is 3. The van der Waals surface area contributed by atoms with Crippen LogP contribution in [0.3, 0.4) is 0 Å². The molecule has 1 aromatic carbocycles. The van der Waals surface area contributed by atoms with Crippen LogP contribution < -0.4 is 5.32 Å². The number of hydrogen-bond acceptors (Lipinski definition) is 2. The van der Waals surface area contributed by atoms with Gasteiger partial charge in [0.2, 0.25) is 0 Å². The predicted molar refractivity (Wildman–Crippen MR) is 73.8 cm³/mol. The Morgan fingerprint density at radius 3 is 2.78 bits per heavy atom. The molecule has 3 rings (SSSR count). The summed E-state index contributed by atoms with van der Waals surface area (Å²) in [6.07, 6.45) is 6.13. The molecule has 0 unspecified atom stereocenters. The van der Waals surface area contributed by atoms with Gasteiger partial charge in [0.25, 0.3) is 0 Å². The number of aryl methyl sites for hydroxylation is 2. The van der Waals surface area contributed by atoms with Crippen molar-refractivity contribution in [3.63, 3.8) is 0 Å². The molecule has 1 aliphatic heterocycles. The van der Waals surface area contributed by atoms with E-state index >= 15 is 0 Å². The van der Waals surface area contributed by atoms with E-state index in [4.69, 9.17) is 4.74 Å². The van der Waals surface area contributed by atoms with Gasteiger partial charge in [-0.15, -0.1) is 0 Å². The van der Waals surface area contributed by atoms with Crippen molar-refractivity contribution in [3.8, 4) is 0 Å². The third-order valence-corrected chi connectivity index (χ3v) is 4.48. The first-order valence-corrected chi connectivity index (χ1v) is 7.19. The lowest BCUT2D eigenvalue weighted by molar-refractivity contribution is 0.0446. The zero-order valence-corrected chi connectivity index (χ0v) is 11.3. The number of nitrogens with one attached hydrogen (secondary N) is 1. The van der Waals surface area contributed by atoms with Crippen molar-refractivity contribution in [2.45, 2.75) is 51.1 Å². The maximum absolute atomic E-state index is 5.44. The van der Waals surface area contributed by atoms with E-state index < -0.39 is 0 Å². The van der Waals surface area contributed by atoms with Crippen molar-refractivity contribution < 1.29 is 4.74 Å². The lowest BCUT2D eigenvalue weighted by Crippen LogP contribution is -2.46. The standard InChI is InChI=1S/C16H23NO/c1-16(7-9-18-10-8-16)17-12-13-5-6-14-3-2-4-15(14)11-13/h5-6,11,17H,2-4,7-10,12H2,1H3. The third kappa shape index (κ3) is 2.60. The Balaban J connectivity index is 1.62. The molecule has 98 valence electrons. The van der Waals surface area contributed by atoms with Gasteiger partial charge in [-0.25, -0.2) is 0 Å². The summed E-state index contributed by atoms with van der Waals surface area (Å²) in [7, 11) is 0. The van der Waals surface area contributed by atoms with Gasteiger partial charge in [-0.1, -0.05) is 18.2 Å². The van der Waals surface area contributed by atoms with E-state index in [-0.39, 0.29) is 5.54 Å². The lowest BCUT2D eigenvalue weighted by atomic mass is 9.92. The van der Waals surface area contributed by atoms with Crippen molar-refractivity contribution in [2.75, 3.05) is 13.2 Å². The van der Waals surface area contributed by atoms with Gasteiger partial charge in [-0.2, -0.15) is 0 Å². The van der Waals surface area contributed by atoms with Crippen LogP contribution in [0.1, 0.15) is 42.9 Å². The highest BCUT2D eigenvalue weighted by molar-refractivity contribution is 5.35. The summed E-state index contributed by atoms with van der Waals surface area (Å²) >= 11 is 0. The minimum Gasteiger partial charge on any atom is -0.381 e. The predicted octanol–water partition coefficient (Wildman–Crippen LogP) is 2.83. The van der Waals surface area contributed by atoms with Crippen molar-refractivity contribution in [1.82, 2.24) is 5.32 Å². The number of benzene rings is 1. The molecular formula is C16H23NO. The molecule has 2 aliphatic rings. The largest absolute Gasteiger partial charge is 0.381 e. The van der Waals surface area contributed by atoms with Gasteiger partial charge in [0.1, 0.15) is 0 Å². The molecule has 1 N–H and O–H groups in total. The summed E-state index contributed by atoms with van der Waals surface area (Å²) in [6, 6.07) is 7.02. The van der Waals surface area contributed by atoms with E-state index in [1.165, 1.54) is 24.8 Å². The Labute approximate surface area is 110 Å². The zero-order chi connectivity index (χ0) is 12.4. The second-order valence-electron chi connectivity index (χ2n) is 5.98. The van der Waals surface area contributed by atoms with Crippen LogP contribution in [-0.2, 0) is 24.1 Å². The fraction of sp³-hybridized carbons (Fsp3) is 0.625. The molecule has 1 fully saturated rings. The van der Waals surface area contributed by atoms with Crippen LogP contribution in [0, 0.1) is 0 Å². The van der Waals surface area contributed by atoms with Gasteiger partial charge in [0.15, 0.2) is 0 Å². The molecule has 2 heteroatoms. The molecular weight excluding hydrogens is 222 g/mol. The summed E-state index contributed by atoms with van der Waals surface area (Å²) in [5.41, 5.74) is 4.84. The minimum atomic E-state index is 0.261. The highest BCUT2D eigenvalue weighted by atomic mass is 16.5. The molecule has 1 heterocycles. The molecule has 0 aromatic heterocycles. The molecule has 0 saturated carbocycles. The first kappa shape index (κ1) is 12.2. The van der Waals surface area contributed by atoms with Crippen LogP contribution in [0.15, 0.2) is 18.2 Å². The highest BCUT2D eigenvalue weighted by Crippen LogP contribution is 2.24. The van der Waals surface area contributed by atoms with E-state index in [1.807, 2.05) is 0 Å². The first-order valence-electron chi connectivity index (χ1n) is 7.19. The van der Waals surface area contributed by atoms with Crippen molar-refractivity contribution in [3.05, 3.63) is 34.9 Å². The maximum atomic E-state index is 5.44. The number of hydrogen-bond donors (Lipinski definition) is 1. The van der Waals surface area contributed by atoms with Crippen LogP contribution in [0.2, 0.25) is 0 Å². The molecule has 18 heavy (non-hydrogen) atoms. The summed E-state index contributed by atoms with van der Waals surface area (Å²) in [5.74, 6) is 0. The van der Waals surface area contributed by atoms with Crippen LogP contribution in [-0.4, -0.2) is 18.8 Å². The summed E-state index contributed by atoms with van der Waals surface area (Å²) in [6.45, 7) is 5.11. The normalized spacial score (nSPS) is 21.8. The number of fused-ring (bicyclic) bond motifs is 1. The second-order valence-corrected chi connectivity index (χ2v) is 5.98. The number of ether oxygens (including phenoxy) is 1. The topological polar surface area (TPSA) is 21.3 Å². The molecule has 0 bridgehead atoms. The molecule has 0 spiro atoms. The monoisotopic (exact) mass is 245 g/mol. The Morgan fingerprint density at radius 1 is 1.17 bits per heavy atom. The molecule has 2 nitrogen and oxygen atoms in total. The SMILES string of the molecule is CC1(NCc2ccc3c(c2)CCC3)CCOCC1.